The van der Waals surface area contributed by atoms with Crippen LogP contribution in [0.15, 0.2) is 0 Å². The third kappa shape index (κ3) is 4.73. The van der Waals surface area contributed by atoms with Gasteiger partial charge in [0.25, 0.3) is 0 Å². The molecule has 1 fully saturated rings. The van der Waals surface area contributed by atoms with Gasteiger partial charge in [-0.25, -0.2) is 0 Å². The number of nitrogens with zero attached hydrogens (tertiary/aromatic N) is 1. The van der Waals surface area contributed by atoms with Crippen molar-refractivity contribution in [3.8, 4) is 0 Å². The molecule has 1 saturated heterocycles. The zero-order valence-electron chi connectivity index (χ0n) is 11.0. The van der Waals surface area contributed by atoms with Crippen molar-refractivity contribution in [3.63, 3.8) is 0 Å². The largest absolute Gasteiger partial charge is 0.469 e. The molecule has 98 valence electrons. The Kier molecular flexibility index (Phi) is 4.51. The Bertz CT molecular complexity index is 295. The maximum absolute atomic E-state index is 11.6. The average molecular weight is 243 g/mol. The summed E-state index contributed by atoms with van der Waals surface area (Å²) in [6.45, 7) is 7.07. The minimum Gasteiger partial charge on any atom is -0.469 e. The number of rotatable bonds is 3. The van der Waals surface area contributed by atoms with Crippen LogP contribution in [0.1, 0.15) is 27.2 Å². The highest BCUT2D eigenvalue weighted by molar-refractivity contribution is 5.74. The Balaban J connectivity index is 2.35. The minimum atomic E-state index is -0.460. The molecule has 0 aromatic heterocycles. The van der Waals surface area contributed by atoms with E-state index in [2.05, 4.69) is 4.74 Å². The third-order valence-electron chi connectivity index (χ3n) is 2.58. The minimum absolute atomic E-state index is 0.109. The summed E-state index contributed by atoms with van der Waals surface area (Å²) in [6.07, 6.45) is 0.746. The molecule has 0 aromatic rings. The van der Waals surface area contributed by atoms with Crippen LogP contribution in [-0.2, 0) is 19.1 Å². The smallest absolute Gasteiger partial charge is 0.320 e. The standard InChI is InChI=1S/C12H21NO4/c1-12(2,3)17-10(14)8-13-6-5-9(7-13)11(15)16-4/h9H,5-8H2,1-4H3/t9-/m1/s1. The van der Waals surface area contributed by atoms with E-state index in [1.54, 1.807) is 0 Å². The molecule has 0 radical (unpaired) electrons. The fourth-order valence-corrected chi connectivity index (χ4v) is 1.89. The van der Waals surface area contributed by atoms with E-state index < -0.39 is 5.60 Å². The first-order valence-corrected chi connectivity index (χ1v) is 5.84. The molecular formula is C12H21NO4. The second kappa shape index (κ2) is 5.49. The topological polar surface area (TPSA) is 55.8 Å². The van der Waals surface area contributed by atoms with E-state index in [0.29, 0.717) is 6.54 Å². The predicted octanol–water partition coefficient (Wildman–Crippen LogP) is 0.823. The molecule has 5 nitrogen and oxygen atoms in total. The molecule has 1 heterocycles. The summed E-state index contributed by atoms with van der Waals surface area (Å²) in [5.74, 6) is -0.554. The van der Waals surface area contributed by atoms with Gasteiger partial charge in [-0.15, -0.1) is 0 Å². The summed E-state index contributed by atoms with van der Waals surface area (Å²) in [6, 6.07) is 0. The van der Waals surface area contributed by atoms with Gasteiger partial charge in [0.1, 0.15) is 5.60 Å². The number of esters is 2. The normalized spacial score (nSPS) is 21.3. The number of likely N-dealkylation sites (tertiary alicyclic amines) is 1. The fourth-order valence-electron chi connectivity index (χ4n) is 1.89. The van der Waals surface area contributed by atoms with Crippen molar-refractivity contribution < 1.29 is 19.1 Å². The van der Waals surface area contributed by atoms with Gasteiger partial charge in [0.15, 0.2) is 0 Å². The van der Waals surface area contributed by atoms with E-state index >= 15 is 0 Å². The molecule has 0 N–H and O–H groups in total. The molecule has 1 atom stereocenters. The SMILES string of the molecule is COC(=O)[C@@H]1CCN(CC(=O)OC(C)(C)C)C1. The van der Waals surface area contributed by atoms with Crippen LogP contribution >= 0.6 is 0 Å². The molecule has 0 aliphatic carbocycles. The van der Waals surface area contributed by atoms with E-state index in [4.69, 9.17) is 4.74 Å². The summed E-state index contributed by atoms with van der Waals surface area (Å²) in [5.41, 5.74) is -0.460. The molecule has 0 bridgehead atoms. The Morgan fingerprint density at radius 1 is 1.35 bits per heavy atom. The maximum atomic E-state index is 11.6. The van der Waals surface area contributed by atoms with Gasteiger partial charge in [-0.1, -0.05) is 0 Å². The van der Waals surface area contributed by atoms with Gasteiger partial charge in [0.05, 0.1) is 19.6 Å². The second-order valence-corrected chi connectivity index (χ2v) is 5.33. The van der Waals surface area contributed by atoms with Crippen LogP contribution in [0, 0.1) is 5.92 Å². The molecule has 0 amide bonds. The van der Waals surface area contributed by atoms with E-state index in [-0.39, 0.29) is 24.4 Å². The number of carbonyl (C=O) groups excluding carboxylic acids is 2. The van der Waals surface area contributed by atoms with Crippen LogP contribution in [0.3, 0.4) is 0 Å². The van der Waals surface area contributed by atoms with Crippen LogP contribution in [0.25, 0.3) is 0 Å². The molecular weight excluding hydrogens is 222 g/mol. The summed E-state index contributed by atoms with van der Waals surface area (Å²) in [5, 5.41) is 0. The zero-order valence-corrected chi connectivity index (χ0v) is 11.0. The van der Waals surface area contributed by atoms with Crippen LogP contribution < -0.4 is 0 Å². The molecule has 17 heavy (non-hydrogen) atoms. The fraction of sp³-hybridized carbons (Fsp3) is 0.833. The van der Waals surface area contributed by atoms with Gasteiger partial charge >= 0.3 is 11.9 Å². The summed E-state index contributed by atoms with van der Waals surface area (Å²) in [4.78, 5) is 24.8. The quantitative estimate of drug-likeness (QED) is 0.687. The molecule has 0 saturated carbocycles. The zero-order chi connectivity index (χ0) is 13.1. The summed E-state index contributed by atoms with van der Waals surface area (Å²) < 4.78 is 9.91. The van der Waals surface area contributed by atoms with Crippen molar-refractivity contribution in [2.75, 3.05) is 26.7 Å². The number of methoxy groups -OCH3 is 1. The highest BCUT2D eigenvalue weighted by Crippen LogP contribution is 2.17. The van der Waals surface area contributed by atoms with Crippen molar-refractivity contribution in [1.82, 2.24) is 4.90 Å². The van der Waals surface area contributed by atoms with Crippen molar-refractivity contribution >= 4 is 11.9 Å². The number of hydrogen-bond donors (Lipinski definition) is 0. The maximum Gasteiger partial charge on any atom is 0.320 e. The third-order valence-corrected chi connectivity index (χ3v) is 2.58. The first-order valence-electron chi connectivity index (χ1n) is 5.84. The molecule has 5 heteroatoms. The molecule has 0 aromatic carbocycles. The predicted molar refractivity (Wildman–Crippen MR) is 62.4 cm³/mol. The van der Waals surface area contributed by atoms with Gasteiger partial charge in [-0.05, 0) is 33.7 Å². The average Bonchev–Trinajstić information content (AvgIpc) is 2.62. The highest BCUT2D eigenvalue weighted by Gasteiger charge is 2.30. The van der Waals surface area contributed by atoms with Crippen molar-refractivity contribution in [3.05, 3.63) is 0 Å². The number of hydrogen-bond acceptors (Lipinski definition) is 5. The first kappa shape index (κ1) is 14.0. The van der Waals surface area contributed by atoms with Crippen LogP contribution in [0.2, 0.25) is 0 Å². The molecule has 0 unspecified atom stereocenters. The molecule has 0 spiro atoms. The van der Waals surface area contributed by atoms with E-state index in [1.165, 1.54) is 7.11 Å². The van der Waals surface area contributed by atoms with Crippen molar-refractivity contribution in [2.24, 2.45) is 5.92 Å². The summed E-state index contributed by atoms with van der Waals surface area (Å²) >= 11 is 0. The first-order chi connectivity index (χ1) is 7.81. The molecule has 1 rings (SSSR count). The number of ether oxygens (including phenoxy) is 2. The van der Waals surface area contributed by atoms with Gasteiger partial charge in [0.2, 0.25) is 0 Å². The highest BCUT2D eigenvalue weighted by atomic mass is 16.6. The summed E-state index contributed by atoms with van der Waals surface area (Å²) in [7, 11) is 1.39. The second-order valence-electron chi connectivity index (χ2n) is 5.33. The van der Waals surface area contributed by atoms with E-state index in [0.717, 1.165) is 13.0 Å². The van der Waals surface area contributed by atoms with Gasteiger partial charge in [0, 0.05) is 6.54 Å². The molecule has 1 aliphatic heterocycles. The molecule has 1 aliphatic rings. The van der Waals surface area contributed by atoms with Gasteiger partial charge < -0.3 is 9.47 Å². The lowest BCUT2D eigenvalue weighted by molar-refractivity contribution is -0.156. The lowest BCUT2D eigenvalue weighted by Crippen LogP contribution is -2.34. The van der Waals surface area contributed by atoms with E-state index in [1.807, 2.05) is 25.7 Å². The lowest BCUT2D eigenvalue weighted by Gasteiger charge is -2.22. The van der Waals surface area contributed by atoms with Crippen LogP contribution in [0.4, 0.5) is 0 Å². The van der Waals surface area contributed by atoms with Crippen molar-refractivity contribution in [1.29, 1.82) is 0 Å². The Labute approximate surface area is 102 Å². The Morgan fingerprint density at radius 3 is 2.53 bits per heavy atom. The van der Waals surface area contributed by atoms with Gasteiger partial charge in [-0.2, -0.15) is 0 Å². The van der Waals surface area contributed by atoms with Crippen LogP contribution in [0.5, 0.6) is 0 Å². The number of carbonyl (C=O) groups is 2. The van der Waals surface area contributed by atoms with Crippen molar-refractivity contribution in [2.45, 2.75) is 32.8 Å². The Hall–Kier alpha value is -1.10. The Morgan fingerprint density at radius 2 is 2.00 bits per heavy atom. The van der Waals surface area contributed by atoms with Crippen LogP contribution in [-0.4, -0.2) is 49.2 Å². The van der Waals surface area contributed by atoms with Gasteiger partial charge in [-0.3, -0.25) is 14.5 Å². The monoisotopic (exact) mass is 243 g/mol. The lowest BCUT2D eigenvalue weighted by atomic mass is 10.1. The van der Waals surface area contributed by atoms with E-state index in [9.17, 15) is 9.59 Å².